The number of hydrogen-bond donors (Lipinski definition) is 2. The van der Waals surface area contributed by atoms with Crippen molar-refractivity contribution in [1.82, 2.24) is 20.6 Å². The third-order valence-corrected chi connectivity index (χ3v) is 3.96. The molecule has 6 heteroatoms. The van der Waals surface area contributed by atoms with E-state index in [1.807, 2.05) is 42.6 Å². The van der Waals surface area contributed by atoms with Crippen molar-refractivity contribution in [2.24, 2.45) is 0 Å². The van der Waals surface area contributed by atoms with Crippen LogP contribution in [0.15, 0.2) is 48.8 Å². The van der Waals surface area contributed by atoms with Crippen LogP contribution < -0.4 is 15.5 Å². The van der Waals surface area contributed by atoms with Crippen LogP contribution in [0.25, 0.3) is 0 Å². The number of hydrogen-bond acceptors (Lipinski definition) is 4. The molecule has 0 saturated carbocycles. The monoisotopic (exact) mass is 311 g/mol. The molecule has 3 rings (SSSR count). The number of carbonyl (C=O) groups is 1. The van der Waals surface area contributed by atoms with E-state index >= 15 is 0 Å². The zero-order valence-corrected chi connectivity index (χ0v) is 13.0. The predicted octanol–water partition coefficient (Wildman–Crippen LogP) is 1.94. The van der Waals surface area contributed by atoms with E-state index in [0.29, 0.717) is 6.54 Å². The van der Waals surface area contributed by atoms with Crippen molar-refractivity contribution in [3.8, 4) is 0 Å². The summed E-state index contributed by atoms with van der Waals surface area (Å²) in [5, 5.41) is 5.89. The van der Waals surface area contributed by atoms with Gasteiger partial charge in [-0.3, -0.25) is 4.98 Å². The van der Waals surface area contributed by atoms with Gasteiger partial charge >= 0.3 is 6.03 Å². The molecule has 2 aromatic heterocycles. The molecule has 120 valence electrons. The highest BCUT2D eigenvalue weighted by atomic mass is 16.2. The molecule has 0 aromatic carbocycles. The second-order valence-corrected chi connectivity index (χ2v) is 5.60. The van der Waals surface area contributed by atoms with E-state index in [2.05, 4.69) is 25.5 Å². The lowest BCUT2D eigenvalue weighted by atomic mass is 10.1. The molecule has 0 atom stereocenters. The third-order valence-electron chi connectivity index (χ3n) is 3.96. The number of pyridine rings is 2. The molecule has 2 amide bonds. The summed E-state index contributed by atoms with van der Waals surface area (Å²) >= 11 is 0. The number of nitrogens with one attached hydrogen (secondary N) is 2. The van der Waals surface area contributed by atoms with Crippen LogP contribution in [0.1, 0.15) is 18.5 Å². The first-order chi connectivity index (χ1) is 11.3. The Hall–Kier alpha value is -2.63. The first kappa shape index (κ1) is 15.3. The lowest BCUT2D eigenvalue weighted by Crippen LogP contribution is -2.48. The maximum atomic E-state index is 12.0. The van der Waals surface area contributed by atoms with Crippen LogP contribution in [-0.4, -0.2) is 35.1 Å². The zero-order chi connectivity index (χ0) is 15.9. The topological polar surface area (TPSA) is 70.2 Å². The fourth-order valence-electron chi connectivity index (χ4n) is 2.70. The minimum absolute atomic E-state index is 0.132. The van der Waals surface area contributed by atoms with Crippen LogP contribution in [-0.2, 0) is 6.54 Å². The fourth-order valence-corrected chi connectivity index (χ4v) is 2.70. The Labute approximate surface area is 135 Å². The molecule has 3 heterocycles. The van der Waals surface area contributed by atoms with Crippen LogP contribution in [0, 0.1) is 0 Å². The van der Waals surface area contributed by atoms with Crippen molar-refractivity contribution in [2.75, 3.05) is 18.0 Å². The van der Waals surface area contributed by atoms with Crippen LogP contribution in [0.2, 0.25) is 0 Å². The molecule has 0 radical (unpaired) electrons. The quantitative estimate of drug-likeness (QED) is 0.905. The van der Waals surface area contributed by atoms with Crippen molar-refractivity contribution >= 4 is 11.8 Å². The summed E-state index contributed by atoms with van der Waals surface area (Å²) in [6.07, 6.45) is 5.38. The summed E-state index contributed by atoms with van der Waals surface area (Å²) in [6.45, 7) is 2.25. The average Bonchev–Trinajstić information content (AvgIpc) is 2.62. The number of piperidine rings is 1. The minimum Gasteiger partial charge on any atom is -0.356 e. The molecule has 0 bridgehead atoms. The Kier molecular flexibility index (Phi) is 5.03. The SMILES string of the molecule is O=C(NCc1ccccn1)NC1CCN(c2ccccn2)CC1. The van der Waals surface area contributed by atoms with Gasteiger partial charge in [0.1, 0.15) is 5.82 Å². The number of rotatable bonds is 4. The first-order valence-electron chi connectivity index (χ1n) is 7.91. The van der Waals surface area contributed by atoms with Gasteiger partial charge in [-0.1, -0.05) is 12.1 Å². The van der Waals surface area contributed by atoms with Crippen molar-refractivity contribution < 1.29 is 4.79 Å². The number of nitrogens with zero attached hydrogens (tertiary/aromatic N) is 3. The maximum Gasteiger partial charge on any atom is 0.315 e. The molecule has 0 spiro atoms. The molecule has 0 aliphatic carbocycles. The molecular formula is C17H21N5O. The third kappa shape index (κ3) is 4.42. The van der Waals surface area contributed by atoms with E-state index in [4.69, 9.17) is 0 Å². The summed E-state index contributed by atoms with van der Waals surface area (Å²) in [6, 6.07) is 11.7. The van der Waals surface area contributed by atoms with E-state index in [1.165, 1.54) is 0 Å². The summed E-state index contributed by atoms with van der Waals surface area (Å²) in [5.41, 5.74) is 0.854. The highest BCUT2D eigenvalue weighted by Crippen LogP contribution is 2.17. The molecule has 2 N–H and O–H groups in total. The average molecular weight is 311 g/mol. The van der Waals surface area contributed by atoms with Gasteiger partial charge in [-0.15, -0.1) is 0 Å². The van der Waals surface area contributed by atoms with Gasteiger partial charge in [-0.05, 0) is 37.1 Å². The van der Waals surface area contributed by atoms with Crippen LogP contribution in [0.5, 0.6) is 0 Å². The Morgan fingerprint density at radius 2 is 1.83 bits per heavy atom. The highest BCUT2D eigenvalue weighted by molar-refractivity contribution is 5.74. The van der Waals surface area contributed by atoms with Gasteiger partial charge < -0.3 is 15.5 Å². The van der Waals surface area contributed by atoms with E-state index < -0.39 is 0 Å². The van der Waals surface area contributed by atoms with Crippen molar-refractivity contribution in [3.63, 3.8) is 0 Å². The second-order valence-electron chi connectivity index (χ2n) is 5.60. The fraction of sp³-hybridized carbons (Fsp3) is 0.353. The van der Waals surface area contributed by atoms with Gasteiger partial charge in [0, 0.05) is 31.5 Å². The van der Waals surface area contributed by atoms with Crippen LogP contribution in [0.4, 0.5) is 10.6 Å². The number of aromatic nitrogens is 2. The molecule has 2 aromatic rings. The summed E-state index contributed by atoms with van der Waals surface area (Å²) in [4.78, 5) is 22.8. The Morgan fingerprint density at radius 1 is 1.09 bits per heavy atom. The number of urea groups is 1. The summed E-state index contributed by atoms with van der Waals surface area (Å²) in [5.74, 6) is 1.01. The van der Waals surface area contributed by atoms with E-state index in [-0.39, 0.29) is 12.1 Å². The van der Waals surface area contributed by atoms with E-state index in [1.54, 1.807) is 6.20 Å². The zero-order valence-electron chi connectivity index (χ0n) is 13.0. The van der Waals surface area contributed by atoms with E-state index in [0.717, 1.165) is 37.4 Å². The van der Waals surface area contributed by atoms with Crippen LogP contribution >= 0.6 is 0 Å². The summed E-state index contributed by atoms with van der Waals surface area (Å²) in [7, 11) is 0. The standard InChI is InChI=1S/C17H21N5O/c23-17(20-13-15-5-1-3-9-18-15)21-14-7-11-22(12-8-14)16-6-2-4-10-19-16/h1-6,9-10,14H,7-8,11-13H2,(H2,20,21,23). The van der Waals surface area contributed by atoms with Crippen LogP contribution in [0.3, 0.4) is 0 Å². The van der Waals surface area contributed by atoms with E-state index in [9.17, 15) is 4.79 Å². The van der Waals surface area contributed by atoms with Gasteiger partial charge in [0.25, 0.3) is 0 Å². The van der Waals surface area contributed by atoms with Gasteiger partial charge in [0.15, 0.2) is 0 Å². The Morgan fingerprint density at radius 3 is 2.48 bits per heavy atom. The van der Waals surface area contributed by atoms with Crippen molar-refractivity contribution in [2.45, 2.75) is 25.4 Å². The molecule has 1 aliphatic rings. The largest absolute Gasteiger partial charge is 0.356 e. The molecule has 1 fully saturated rings. The number of amides is 2. The Balaban J connectivity index is 1.41. The van der Waals surface area contributed by atoms with Gasteiger partial charge in [-0.2, -0.15) is 0 Å². The molecule has 1 aliphatic heterocycles. The van der Waals surface area contributed by atoms with Crippen molar-refractivity contribution in [3.05, 3.63) is 54.5 Å². The number of carbonyl (C=O) groups excluding carboxylic acids is 1. The smallest absolute Gasteiger partial charge is 0.315 e. The molecular weight excluding hydrogens is 290 g/mol. The normalized spacial score (nSPS) is 15.2. The number of anilines is 1. The van der Waals surface area contributed by atoms with Gasteiger partial charge in [0.05, 0.1) is 12.2 Å². The molecule has 23 heavy (non-hydrogen) atoms. The molecule has 0 unspecified atom stereocenters. The van der Waals surface area contributed by atoms with Gasteiger partial charge in [0.2, 0.25) is 0 Å². The maximum absolute atomic E-state index is 12.0. The van der Waals surface area contributed by atoms with Gasteiger partial charge in [-0.25, -0.2) is 9.78 Å². The minimum atomic E-state index is -0.132. The summed E-state index contributed by atoms with van der Waals surface area (Å²) < 4.78 is 0. The molecule has 6 nitrogen and oxygen atoms in total. The molecule has 1 saturated heterocycles. The highest BCUT2D eigenvalue weighted by Gasteiger charge is 2.21. The van der Waals surface area contributed by atoms with Crippen molar-refractivity contribution in [1.29, 1.82) is 0 Å². The second kappa shape index (κ2) is 7.58. The Bertz CT molecular complexity index is 611. The lowest BCUT2D eigenvalue weighted by Gasteiger charge is -2.33. The first-order valence-corrected chi connectivity index (χ1v) is 7.91. The lowest BCUT2D eigenvalue weighted by molar-refractivity contribution is 0.234. The predicted molar refractivity (Wildman–Crippen MR) is 89.1 cm³/mol.